The number of aliphatic imine (C=N–C) groups is 1. The predicted octanol–water partition coefficient (Wildman–Crippen LogP) is 4.73. The number of benzene rings is 2. The third kappa shape index (κ3) is 8.06. The zero-order valence-corrected chi connectivity index (χ0v) is 22.2. The molecular weight excluding hydrogens is 502 g/mol. The molecule has 1 aromatic heterocycles. The Labute approximate surface area is 226 Å². The van der Waals surface area contributed by atoms with Gasteiger partial charge in [-0.2, -0.15) is 0 Å². The van der Waals surface area contributed by atoms with E-state index in [1.54, 1.807) is 31.0 Å². The van der Waals surface area contributed by atoms with Crippen LogP contribution >= 0.6 is 11.8 Å². The summed E-state index contributed by atoms with van der Waals surface area (Å²) in [7, 11) is 0. The van der Waals surface area contributed by atoms with E-state index < -0.39 is 17.7 Å². The molecule has 1 saturated heterocycles. The number of hydrogen-bond donors (Lipinski definition) is 2. The SMILES string of the molecule is CC(N=C(Nc1cccc2cccnc12)SC(C)OC(=O)N1CCOCC1)NC(=O)/C=C/c1ccccc1. The van der Waals surface area contributed by atoms with Crippen LogP contribution in [0.1, 0.15) is 19.4 Å². The monoisotopic (exact) mass is 533 g/mol. The number of para-hydroxylation sites is 1. The van der Waals surface area contributed by atoms with Crippen molar-refractivity contribution in [1.82, 2.24) is 15.2 Å². The third-order valence-electron chi connectivity index (χ3n) is 5.58. The van der Waals surface area contributed by atoms with Crippen LogP contribution in [0.3, 0.4) is 0 Å². The maximum atomic E-state index is 12.6. The Morgan fingerprint density at radius 3 is 2.63 bits per heavy atom. The number of ether oxygens (including phenoxy) is 2. The number of pyridine rings is 1. The van der Waals surface area contributed by atoms with Crippen molar-refractivity contribution < 1.29 is 19.1 Å². The van der Waals surface area contributed by atoms with Gasteiger partial charge in [0.2, 0.25) is 5.91 Å². The summed E-state index contributed by atoms with van der Waals surface area (Å²) in [5.41, 5.74) is 1.92. The second kappa shape index (κ2) is 13.6. The van der Waals surface area contributed by atoms with Gasteiger partial charge in [-0.3, -0.25) is 9.78 Å². The van der Waals surface area contributed by atoms with Crippen LogP contribution in [0, 0.1) is 0 Å². The van der Waals surface area contributed by atoms with E-state index in [2.05, 4.69) is 20.6 Å². The molecule has 1 fully saturated rings. The molecule has 0 spiro atoms. The Morgan fingerprint density at radius 2 is 1.84 bits per heavy atom. The molecule has 198 valence electrons. The highest BCUT2D eigenvalue weighted by molar-refractivity contribution is 8.14. The highest BCUT2D eigenvalue weighted by Crippen LogP contribution is 2.24. The van der Waals surface area contributed by atoms with E-state index >= 15 is 0 Å². The molecule has 0 aliphatic carbocycles. The average molecular weight is 534 g/mol. The Balaban J connectivity index is 1.47. The van der Waals surface area contributed by atoms with Crippen molar-refractivity contribution in [1.29, 1.82) is 0 Å². The second-order valence-electron chi connectivity index (χ2n) is 8.54. The molecule has 38 heavy (non-hydrogen) atoms. The first kappa shape index (κ1) is 27.2. The van der Waals surface area contributed by atoms with E-state index in [-0.39, 0.29) is 5.91 Å². The lowest BCUT2D eigenvalue weighted by atomic mass is 10.2. The predicted molar refractivity (Wildman–Crippen MR) is 152 cm³/mol. The van der Waals surface area contributed by atoms with Gasteiger partial charge in [-0.25, -0.2) is 9.79 Å². The standard InChI is InChI=1S/C28H31N5O4S/c1-20(30-25(34)14-13-22-8-4-3-5-9-22)31-27(32-24-12-6-10-23-11-7-15-29-26(23)24)38-21(2)37-28(35)33-16-18-36-19-17-33/h3-15,20-21H,16-19H2,1-2H3,(H,30,34)(H,31,32)/b14-13+. The molecule has 4 rings (SSSR count). The van der Waals surface area contributed by atoms with Gasteiger partial charge in [0.15, 0.2) is 10.6 Å². The first-order valence-electron chi connectivity index (χ1n) is 12.4. The van der Waals surface area contributed by atoms with Crippen molar-refractivity contribution in [3.8, 4) is 0 Å². The Kier molecular flexibility index (Phi) is 9.71. The normalized spacial score (nSPS) is 15.7. The van der Waals surface area contributed by atoms with Crippen LogP contribution in [-0.4, -0.2) is 65.0 Å². The van der Waals surface area contributed by atoms with Crippen molar-refractivity contribution in [2.45, 2.75) is 25.4 Å². The van der Waals surface area contributed by atoms with Gasteiger partial charge in [0.1, 0.15) is 6.17 Å². The number of thioether (sulfide) groups is 1. The maximum Gasteiger partial charge on any atom is 0.411 e. The number of morpholine rings is 1. The number of rotatable bonds is 7. The molecule has 10 heteroatoms. The zero-order valence-electron chi connectivity index (χ0n) is 21.4. The first-order valence-corrected chi connectivity index (χ1v) is 13.3. The molecule has 2 unspecified atom stereocenters. The van der Waals surface area contributed by atoms with E-state index in [1.807, 2.05) is 60.7 Å². The maximum absolute atomic E-state index is 12.6. The van der Waals surface area contributed by atoms with Gasteiger partial charge < -0.3 is 25.0 Å². The van der Waals surface area contributed by atoms with E-state index in [9.17, 15) is 9.59 Å². The zero-order chi connectivity index (χ0) is 26.7. The molecule has 3 aromatic rings. The van der Waals surface area contributed by atoms with Gasteiger partial charge in [0, 0.05) is 30.7 Å². The number of nitrogens with zero attached hydrogens (tertiary/aromatic N) is 3. The molecule has 2 atom stereocenters. The average Bonchev–Trinajstić information content (AvgIpc) is 2.93. The highest BCUT2D eigenvalue weighted by atomic mass is 32.2. The number of amides is 2. The van der Waals surface area contributed by atoms with Crippen molar-refractivity contribution >= 4 is 51.6 Å². The molecule has 9 nitrogen and oxygen atoms in total. The van der Waals surface area contributed by atoms with Crippen LogP contribution in [0.4, 0.5) is 10.5 Å². The quantitative estimate of drug-likeness (QED) is 0.196. The van der Waals surface area contributed by atoms with Crippen molar-refractivity contribution in [3.63, 3.8) is 0 Å². The number of carbonyl (C=O) groups is 2. The lowest BCUT2D eigenvalue weighted by Gasteiger charge is -2.27. The Hall–Kier alpha value is -3.89. The van der Waals surface area contributed by atoms with E-state index in [0.717, 1.165) is 22.2 Å². The third-order valence-corrected chi connectivity index (χ3v) is 6.44. The van der Waals surface area contributed by atoms with Crippen LogP contribution in [-0.2, 0) is 14.3 Å². The fraction of sp³-hybridized carbons (Fsp3) is 0.286. The fourth-order valence-corrected chi connectivity index (χ4v) is 4.59. The molecule has 2 heterocycles. The molecule has 1 aliphatic rings. The number of fused-ring (bicyclic) bond motifs is 1. The summed E-state index contributed by atoms with van der Waals surface area (Å²) < 4.78 is 11.0. The van der Waals surface area contributed by atoms with Crippen LogP contribution in [0.5, 0.6) is 0 Å². The molecule has 0 bridgehead atoms. The van der Waals surface area contributed by atoms with Gasteiger partial charge in [-0.15, -0.1) is 0 Å². The largest absolute Gasteiger partial charge is 0.435 e. The molecule has 2 N–H and O–H groups in total. The van der Waals surface area contributed by atoms with E-state index in [4.69, 9.17) is 9.47 Å². The number of carbonyl (C=O) groups excluding carboxylic acids is 2. The van der Waals surface area contributed by atoms with E-state index in [0.29, 0.717) is 31.5 Å². The molecule has 2 aromatic carbocycles. The van der Waals surface area contributed by atoms with Gasteiger partial charge in [-0.05, 0) is 49.4 Å². The lowest BCUT2D eigenvalue weighted by molar-refractivity contribution is -0.116. The molecule has 0 saturated carbocycles. The van der Waals surface area contributed by atoms with Crippen LogP contribution in [0.2, 0.25) is 0 Å². The molecule has 1 aliphatic heterocycles. The number of anilines is 1. The number of hydrogen-bond acceptors (Lipinski definition) is 7. The molecule has 0 radical (unpaired) electrons. The Bertz CT molecular complexity index is 1290. The summed E-state index contributed by atoms with van der Waals surface area (Å²) in [5, 5.41) is 7.63. The summed E-state index contributed by atoms with van der Waals surface area (Å²) in [4.78, 5) is 35.9. The summed E-state index contributed by atoms with van der Waals surface area (Å²) in [6.07, 6.45) is 4.00. The van der Waals surface area contributed by atoms with Crippen LogP contribution < -0.4 is 10.6 Å². The lowest BCUT2D eigenvalue weighted by Crippen LogP contribution is -2.41. The van der Waals surface area contributed by atoms with Gasteiger partial charge in [-0.1, -0.05) is 48.5 Å². The van der Waals surface area contributed by atoms with Gasteiger partial charge in [0.05, 0.1) is 24.4 Å². The van der Waals surface area contributed by atoms with Crippen LogP contribution in [0.15, 0.2) is 77.9 Å². The smallest absolute Gasteiger partial charge is 0.411 e. The topological polar surface area (TPSA) is 105 Å². The van der Waals surface area contributed by atoms with Crippen molar-refractivity contribution in [3.05, 3.63) is 78.5 Å². The van der Waals surface area contributed by atoms with Gasteiger partial charge >= 0.3 is 6.09 Å². The van der Waals surface area contributed by atoms with Crippen molar-refractivity contribution in [2.24, 2.45) is 4.99 Å². The summed E-state index contributed by atoms with van der Waals surface area (Å²) >= 11 is 1.25. The number of amidine groups is 1. The minimum absolute atomic E-state index is 0.270. The highest BCUT2D eigenvalue weighted by Gasteiger charge is 2.22. The van der Waals surface area contributed by atoms with Crippen LogP contribution in [0.25, 0.3) is 17.0 Å². The Morgan fingerprint density at radius 1 is 1.08 bits per heavy atom. The minimum atomic E-state index is -0.553. The van der Waals surface area contributed by atoms with Gasteiger partial charge in [0.25, 0.3) is 0 Å². The summed E-state index contributed by atoms with van der Waals surface area (Å²) in [6.45, 7) is 5.55. The first-order chi connectivity index (χ1) is 18.5. The molecular formula is C28H31N5O4S. The minimum Gasteiger partial charge on any atom is -0.435 e. The summed E-state index contributed by atoms with van der Waals surface area (Å²) in [6, 6.07) is 19.2. The van der Waals surface area contributed by atoms with E-state index in [1.165, 1.54) is 17.8 Å². The fourth-order valence-electron chi connectivity index (χ4n) is 3.75. The number of nitrogens with one attached hydrogen (secondary N) is 2. The second-order valence-corrected chi connectivity index (χ2v) is 9.82. The molecule has 2 amide bonds. The summed E-state index contributed by atoms with van der Waals surface area (Å²) in [5.74, 6) is -0.270. The van der Waals surface area contributed by atoms with Crippen molar-refractivity contribution in [2.75, 3.05) is 31.6 Å². The number of aromatic nitrogens is 1.